The van der Waals surface area contributed by atoms with Crippen molar-refractivity contribution in [3.8, 4) is 11.1 Å². The molecule has 1 aliphatic rings. The number of carboxylic acids is 1. The summed E-state index contributed by atoms with van der Waals surface area (Å²) >= 11 is 0. The van der Waals surface area contributed by atoms with Crippen molar-refractivity contribution in [2.45, 2.75) is 58.1 Å². The second kappa shape index (κ2) is 11.3. The number of nitrogens with one attached hydrogen (secondary N) is 1. The van der Waals surface area contributed by atoms with E-state index in [1.807, 2.05) is 51.1 Å². The van der Waals surface area contributed by atoms with Crippen LogP contribution in [-0.4, -0.2) is 42.0 Å². The van der Waals surface area contributed by atoms with Crippen LogP contribution in [0, 0.1) is 11.8 Å². The summed E-state index contributed by atoms with van der Waals surface area (Å²) < 4.78 is 10.9. The fraction of sp³-hybridized carbons (Fsp3) is 0.481. The van der Waals surface area contributed by atoms with Gasteiger partial charge in [-0.05, 0) is 69.1 Å². The Bertz CT molecular complexity index is 898. The van der Waals surface area contributed by atoms with Crippen LogP contribution < -0.4 is 5.32 Å². The highest BCUT2D eigenvalue weighted by molar-refractivity contribution is 5.71. The molecule has 0 bridgehead atoms. The molecule has 178 valence electrons. The SMILES string of the molecule is CC(C)(C)OC(=O)NC(Cc1ccc(-c2ccccc2)cc1)CC(C(=O)O)C1CCOCC1. The lowest BCUT2D eigenvalue weighted by Crippen LogP contribution is -2.43. The van der Waals surface area contributed by atoms with Crippen LogP contribution in [-0.2, 0) is 20.7 Å². The Morgan fingerprint density at radius 2 is 1.64 bits per heavy atom. The highest BCUT2D eigenvalue weighted by Gasteiger charge is 2.33. The van der Waals surface area contributed by atoms with Crippen LogP contribution in [0.3, 0.4) is 0 Å². The number of hydrogen-bond donors (Lipinski definition) is 2. The minimum absolute atomic E-state index is 0.0413. The summed E-state index contributed by atoms with van der Waals surface area (Å²) in [6, 6.07) is 18.0. The average molecular weight is 454 g/mol. The van der Waals surface area contributed by atoms with Gasteiger partial charge in [-0.3, -0.25) is 4.79 Å². The number of rotatable bonds is 8. The molecule has 2 atom stereocenters. The van der Waals surface area contributed by atoms with Gasteiger partial charge in [-0.2, -0.15) is 0 Å². The van der Waals surface area contributed by atoms with Gasteiger partial charge in [-0.15, -0.1) is 0 Å². The van der Waals surface area contributed by atoms with Crippen molar-refractivity contribution in [2.75, 3.05) is 13.2 Å². The molecule has 1 heterocycles. The van der Waals surface area contributed by atoms with Gasteiger partial charge < -0.3 is 19.9 Å². The van der Waals surface area contributed by atoms with Crippen LogP contribution in [0.15, 0.2) is 54.6 Å². The normalized spacial score (nSPS) is 16.6. The average Bonchev–Trinajstić information content (AvgIpc) is 2.77. The lowest BCUT2D eigenvalue weighted by molar-refractivity contribution is -0.145. The number of carbonyl (C=O) groups excluding carboxylic acids is 1. The van der Waals surface area contributed by atoms with Crippen LogP contribution >= 0.6 is 0 Å². The number of aliphatic carboxylic acids is 1. The minimum Gasteiger partial charge on any atom is -0.481 e. The van der Waals surface area contributed by atoms with Gasteiger partial charge in [-0.1, -0.05) is 54.6 Å². The molecule has 0 aliphatic carbocycles. The van der Waals surface area contributed by atoms with Crippen molar-refractivity contribution < 1.29 is 24.2 Å². The summed E-state index contributed by atoms with van der Waals surface area (Å²) in [5.41, 5.74) is 2.66. The summed E-state index contributed by atoms with van der Waals surface area (Å²) in [5, 5.41) is 12.9. The molecular weight excluding hydrogens is 418 g/mol. The Balaban J connectivity index is 1.75. The molecule has 1 fully saturated rings. The second-order valence-electron chi connectivity index (χ2n) is 9.74. The van der Waals surface area contributed by atoms with Crippen molar-refractivity contribution in [1.29, 1.82) is 0 Å². The summed E-state index contributed by atoms with van der Waals surface area (Å²) in [6.07, 6.45) is 1.80. The lowest BCUT2D eigenvalue weighted by Gasteiger charge is -2.31. The minimum atomic E-state index is -0.822. The molecule has 2 N–H and O–H groups in total. The van der Waals surface area contributed by atoms with Gasteiger partial charge in [0.15, 0.2) is 0 Å². The van der Waals surface area contributed by atoms with Gasteiger partial charge >= 0.3 is 12.1 Å². The Labute approximate surface area is 196 Å². The van der Waals surface area contributed by atoms with E-state index < -0.39 is 23.6 Å². The Hall–Kier alpha value is -2.86. The quantitative estimate of drug-likeness (QED) is 0.566. The van der Waals surface area contributed by atoms with E-state index in [2.05, 4.69) is 29.6 Å². The van der Waals surface area contributed by atoms with Crippen molar-refractivity contribution in [1.82, 2.24) is 5.32 Å². The van der Waals surface area contributed by atoms with Crippen LogP contribution in [0.1, 0.15) is 45.6 Å². The van der Waals surface area contributed by atoms with Crippen LogP contribution in [0.4, 0.5) is 4.79 Å². The van der Waals surface area contributed by atoms with Crippen molar-refractivity contribution in [3.05, 3.63) is 60.2 Å². The van der Waals surface area contributed by atoms with E-state index in [0.29, 0.717) is 26.1 Å². The monoisotopic (exact) mass is 453 g/mol. The first-order valence-electron chi connectivity index (χ1n) is 11.7. The van der Waals surface area contributed by atoms with Gasteiger partial charge in [0.25, 0.3) is 0 Å². The number of benzene rings is 2. The van der Waals surface area contributed by atoms with E-state index in [-0.39, 0.29) is 12.0 Å². The first-order valence-corrected chi connectivity index (χ1v) is 11.7. The van der Waals surface area contributed by atoms with E-state index >= 15 is 0 Å². The maximum absolute atomic E-state index is 12.5. The molecule has 6 nitrogen and oxygen atoms in total. The largest absolute Gasteiger partial charge is 0.481 e. The standard InChI is InChI=1S/C27H35NO5/c1-27(2,3)33-26(31)28-23(18-24(25(29)30)22-13-15-32-16-14-22)17-19-9-11-21(12-10-19)20-7-5-4-6-8-20/h4-12,22-24H,13-18H2,1-3H3,(H,28,31)(H,29,30). The van der Waals surface area contributed by atoms with Crippen molar-refractivity contribution in [2.24, 2.45) is 11.8 Å². The first kappa shape index (κ1) is 24.8. The Morgan fingerprint density at radius 1 is 1.03 bits per heavy atom. The predicted molar refractivity (Wildman–Crippen MR) is 128 cm³/mol. The zero-order valence-electron chi connectivity index (χ0n) is 19.8. The van der Waals surface area contributed by atoms with Crippen LogP contribution in [0.25, 0.3) is 11.1 Å². The number of hydrogen-bond acceptors (Lipinski definition) is 4. The number of ether oxygens (including phenoxy) is 2. The smallest absolute Gasteiger partial charge is 0.407 e. The maximum atomic E-state index is 12.5. The molecule has 2 aromatic rings. The summed E-state index contributed by atoms with van der Waals surface area (Å²) in [7, 11) is 0. The van der Waals surface area contributed by atoms with Crippen molar-refractivity contribution in [3.63, 3.8) is 0 Å². The molecule has 1 amide bonds. The zero-order valence-corrected chi connectivity index (χ0v) is 19.8. The molecule has 33 heavy (non-hydrogen) atoms. The Morgan fingerprint density at radius 3 is 2.21 bits per heavy atom. The molecule has 1 saturated heterocycles. The highest BCUT2D eigenvalue weighted by Crippen LogP contribution is 2.29. The second-order valence-corrected chi connectivity index (χ2v) is 9.74. The summed E-state index contributed by atoms with van der Waals surface area (Å²) in [4.78, 5) is 24.6. The fourth-order valence-electron chi connectivity index (χ4n) is 4.34. The number of carbonyl (C=O) groups is 2. The third-order valence-electron chi connectivity index (χ3n) is 5.95. The molecule has 2 unspecified atom stereocenters. The van der Waals surface area contributed by atoms with E-state index in [9.17, 15) is 14.7 Å². The molecule has 0 saturated carbocycles. The number of carboxylic acid groups (broad SMARTS) is 1. The predicted octanol–water partition coefficient (Wildman–Crippen LogP) is 5.31. The van der Waals surface area contributed by atoms with E-state index in [1.165, 1.54) is 0 Å². The zero-order chi connectivity index (χ0) is 23.8. The van der Waals surface area contributed by atoms with Gasteiger partial charge in [0.05, 0.1) is 5.92 Å². The summed E-state index contributed by atoms with van der Waals surface area (Å²) in [6.45, 7) is 6.60. The topological polar surface area (TPSA) is 84.9 Å². The van der Waals surface area contributed by atoms with E-state index in [1.54, 1.807) is 0 Å². The summed E-state index contributed by atoms with van der Waals surface area (Å²) in [5.74, 6) is -1.32. The number of amides is 1. The maximum Gasteiger partial charge on any atom is 0.407 e. The third-order valence-corrected chi connectivity index (χ3v) is 5.95. The van der Waals surface area contributed by atoms with Crippen LogP contribution in [0.5, 0.6) is 0 Å². The van der Waals surface area contributed by atoms with Gasteiger partial charge in [-0.25, -0.2) is 4.79 Å². The molecule has 2 aromatic carbocycles. The van der Waals surface area contributed by atoms with Crippen LogP contribution in [0.2, 0.25) is 0 Å². The molecule has 0 spiro atoms. The molecule has 3 rings (SSSR count). The van der Waals surface area contributed by atoms with Gasteiger partial charge in [0.1, 0.15) is 5.60 Å². The molecule has 6 heteroatoms. The highest BCUT2D eigenvalue weighted by atomic mass is 16.6. The first-order chi connectivity index (χ1) is 15.7. The fourth-order valence-corrected chi connectivity index (χ4v) is 4.34. The Kier molecular flexibility index (Phi) is 8.50. The van der Waals surface area contributed by atoms with E-state index in [0.717, 1.165) is 29.5 Å². The number of alkyl carbamates (subject to hydrolysis) is 1. The van der Waals surface area contributed by atoms with Gasteiger partial charge in [0.2, 0.25) is 0 Å². The van der Waals surface area contributed by atoms with E-state index in [4.69, 9.17) is 9.47 Å². The van der Waals surface area contributed by atoms with Crippen molar-refractivity contribution >= 4 is 12.1 Å². The van der Waals surface area contributed by atoms with Gasteiger partial charge in [0, 0.05) is 19.3 Å². The molecular formula is C27H35NO5. The third kappa shape index (κ3) is 7.90. The lowest BCUT2D eigenvalue weighted by atomic mass is 9.81. The molecule has 0 aromatic heterocycles. The molecule has 0 radical (unpaired) electrons. The molecule has 1 aliphatic heterocycles.